The summed E-state index contributed by atoms with van der Waals surface area (Å²) in [4.78, 5) is 15.1. The molecule has 1 amide bonds. The standard InChI is InChI=1S/C19H18N4O2/c1-22-18-13(11-20-22)12-23(16-9-5-4-8-15(16)21-18)19(24)14-7-3-6-10-17(14)25-2/h3-11,21H,12H2,1-2H3. The fraction of sp³-hybridized carbons (Fsp3) is 0.158. The Morgan fingerprint density at radius 1 is 1.16 bits per heavy atom. The van der Waals surface area contributed by atoms with E-state index in [0.717, 1.165) is 22.8 Å². The minimum absolute atomic E-state index is 0.108. The summed E-state index contributed by atoms with van der Waals surface area (Å²) < 4.78 is 7.15. The van der Waals surface area contributed by atoms with Crippen LogP contribution in [0.25, 0.3) is 0 Å². The number of para-hydroxylation sites is 3. The Bertz CT molecular complexity index is 948. The second-order valence-corrected chi connectivity index (χ2v) is 5.88. The van der Waals surface area contributed by atoms with E-state index in [2.05, 4.69) is 10.4 Å². The van der Waals surface area contributed by atoms with E-state index in [1.165, 1.54) is 0 Å². The summed E-state index contributed by atoms with van der Waals surface area (Å²) in [7, 11) is 3.45. The Morgan fingerprint density at radius 3 is 2.76 bits per heavy atom. The maximum atomic E-state index is 13.3. The maximum Gasteiger partial charge on any atom is 0.262 e. The molecule has 2 aromatic carbocycles. The molecule has 0 saturated heterocycles. The van der Waals surface area contributed by atoms with Gasteiger partial charge in [0.05, 0.1) is 36.8 Å². The maximum absolute atomic E-state index is 13.3. The zero-order valence-electron chi connectivity index (χ0n) is 14.1. The summed E-state index contributed by atoms with van der Waals surface area (Å²) in [5.41, 5.74) is 3.19. The Kier molecular flexibility index (Phi) is 3.65. The monoisotopic (exact) mass is 334 g/mol. The van der Waals surface area contributed by atoms with Gasteiger partial charge in [0.2, 0.25) is 0 Å². The Labute approximate surface area is 145 Å². The largest absolute Gasteiger partial charge is 0.496 e. The number of fused-ring (bicyclic) bond motifs is 2. The zero-order chi connectivity index (χ0) is 17.4. The predicted octanol–water partition coefficient (Wildman–Crippen LogP) is 3.33. The van der Waals surface area contributed by atoms with Crippen molar-refractivity contribution in [2.45, 2.75) is 6.54 Å². The third-order valence-corrected chi connectivity index (χ3v) is 4.37. The normalized spacial score (nSPS) is 12.6. The minimum Gasteiger partial charge on any atom is -0.496 e. The zero-order valence-corrected chi connectivity index (χ0v) is 14.1. The molecule has 1 aliphatic rings. The van der Waals surface area contributed by atoms with Crippen molar-refractivity contribution in [1.29, 1.82) is 0 Å². The first kappa shape index (κ1) is 15.3. The lowest BCUT2D eigenvalue weighted by molar-refractivity contribution is 0.0982. The molecular formula is C19H18N4O2. The second kappa shape index (κ2) is 5.98. The van der Waals surface area contributed by atoms with Crippen molar-refractivity contribution < 1.29 is 9.53 Å². The predicted molar refractivity (Wildman–Crippen MR) is 96.4 cm³/mol. The number of hydrogen-bond acceptors (Lipinski definition) is 4. The number of amides is 1. The Morgan fingerprint density at radius 2 is 1.92 bits per heavy atom. The molecule has 3 aromatic rings. The summed E-state index contributed by atoms with van der Waals surface area (Å²) >= 11 is 0. The first-order chi connectivity index (χ1) is 12.2. The number of hydrogen-bond donors (Lipinski definition) is 1. The molecule has 0 fully saturated rings. The van der Waals surface area contributed by atoms with E-state index >= 15 is 0 Å². The van der Waals surface area contributed by atoms with Crippen molar-refractivity contribution in [1.82, 2.24) is 9.78 Å². The topological polar surface area (TPSA) is 59.4 Å². The van der Waals surface area contributed by atoms with Crippen molar-refractivity contribution in [2.24, 2.45) is 7.05 Å². The molecular weight excluding hydrogens is 316 g/mol. The van der Waals surface area contributed by atoms with Gasteiger partial charge >= 0.3 is 0 Å². The second-order valence-electron chi connectivity index (χ2n) is 5.88. The molecule has 6 nitrogen and oxygen atoms in total. The van der Waals surface area contributed by atoms with Crippen LogP contribution in [0.15, 0.2) is 54.7 Å². The summed E-state index contributed by atoms with van der Waals surface area (Å²) in [5.74, 6) is 1.35. The SMILES string of the molecule is COc1ccccc1C(=O)N1Cc2cnn(C)c2Nc2ccccc21. The molecule has 0 atom stereocenters. The van der Waals surface area contributed by atoms with Crippen LogP contribution in [0.3, 0.4) is 0 Å². The molecule has 0 saturated carbocycles. The molecule has 0 radical (unpaired) electrons. The van der Waals surface area contributed by atoms with Crippen LogP contribution < -0.4 is 15.0 Å². The van der Waals surface area contributed by atoms with E-state index in [9.17, 15) is 4.79 Å². The summed E-state index contributed by atoms with van der Waals surface area (Å²) in [6.45, 7) is 0.435. The first-order valence-electron chi connectivity index (χ1n) is 8.01. The molecule has 0 bridgehead atoms. The van der Waals surface area contributed by atoms with Gasteiger partial charge in [0, 0.05) is 12.6 Å². The highest BCUT2D eigenvalue weighted by atomic mass is 16.5. The molecule has 2 heterocycles. The molecule has 0 spiro atoms. The van der Waals surface area contributed by atoms with Gasteiger partial charge in [-0.2, -0.15) is 5.10 Å². The minimum atomic E-state index is -0.108. The molecule has 0 unspecified atom stereocenters. The molecule has 1 aromatic heterocycles. The highest BCUT2D eigenvalue weighted by Gasteiger charge is 2.27. The fourth-order valence-electron chi connectivity index (χ4n) is 3.11. The lowest BCUT2D eigenvalue weighted by atomic mass is 10.1. The van der Waals surface area contributed by atoms with Crippen molar-refractivity contribution in [3.8, 4) is 5.75 Å². The highest BCUT2D eigenvalue weighted by molar-refractivity contribution is 6.10. The number of aryl methyl sites for hydroxylation is 1. The lowest BCUT2D eigenvalue weighted by Gasteiger charge is -2.23. The van der Waals surface area contributed by atoms with Crippen molar-refractivity contribution >= 4 is 23.1 Å². The third-order valence-electron chi connectivity index (χ3n) is 4.37. The van der Waals surface area contributed by atoms with Crippen LogP contribution in [0.2, 0.25) is 0 Å². The van der Waals surface area contributed by atoms with Crippen molar-refractivity contribution in [2.75, 3.05) is 17.3 Å². The number of rotatable bonds is 2. The average molecular weight is 334 g/mol. The van der Waals surface area contributed by atoms with Crippen LogP contribution in [0, 0.1) is 0 Å². The van der Waals surface area contributed by atoms with Crippen molar-refractivity contribution in [3.05, 3.63) is 65.9 Å². The summed E-state index contributed by atoms with van der Waals surface area (Å²) in [5, 5.41) is 7.70. The molecule has 4 rings (SSSR count). The van der Waals surface area contributed by atoms with Crippen LogP contribution in [0.5, 0.6) is 5.75 Å². The molecule has 1 N–H and O–H groups in total. The van der Waals surface area contributed by atoms with E-state index in [0.29, 0.717) is 17.9 Å². The fourth-order valence-corrected chi connectivity index (χ4v) is 3.11. The van der Waals surface area contributed by atoms with E-state index < -0.39 is 0 Å². The highest BCUT2D eigenvalue weighted by Crippen LogP contribution is 2.36. The van der Waals surface area contributed by atoms with Crippen molar-refractivity contribution in [3.63, 3.8) is 0 Å². The van der Waals surface area contributed by atoms with Gasteiger partial charge in [-0.1, -0.05) is 24.3 Å². The molecule has 1 aliphatic heterocycles. The van der Waals surface area contributed by atoms with Crippen LogP contribution in [-0.4, -0.2) is 22.8 Å². The first-order valence-corrected chi connectivity index (χ1v) is 8.01. The van der Waals surface area contributed by atoms with Gasteiger partial charge in [-0.25, -0.2) is 0 Å². The smallest absolute Gasteiger partial charge is 0.262 e. The number of methoxy groups -OCH3 is 1. The molecule has 25 heavy (non-hydrogen) atoms. The van der Waals surface area contributed by atoms with Crippen LogP contribution >= 0.6 is 0 Å². The molecule has 126 valence electrons. The lowest BCUT2D eigenvalue weighted by Crippen LogP contribution is -2.30. The number of anilines is 3. The number of nitrogens with zero attached hydrogens (tertiary/aromatic N) is 3. The number of benzene rings is 2. The van der Waals surface area contributed by atoms with Gasteiger partial charge in [0.1, 0.15) is 11.6 Å². The quantitative estimate of drug-likeness (QED) is 0.781. The molecule has 6 heteroatoms. The number of nitrogens with one attached hydrogen (secondary N) is 1. The van der Waals surface area contributed by atoms with Gasteiger partial charge in [-0.3, -0.25) is 9.48 Å². The third kappa shape index (κ3) is 2.52. The van der Waals surface area contributed by atoms with Gasteiger partial charge in [0.25, 0.3) is 5.91 Å². The number of carbonyl (C=O) groups is 1. The summed E-state index contributed by atoms with van der Waals surface area (Å²) in [6.07, 6.45) is 1.79. The van der Waals surface area contributed by atoms with Crippen LogP contribution in [0.4, 0.5) is 17.2 Å². The van der Waals surface area contributed by atoms with Gasteiger partial charge in [-0.15, -0.1) is 0 Å². The van der Waals surface area contributed by atoms with Crippen LogP contribution in [0.1, 0.15) is 15.9 Å². The van der Waals surface area contributed by atoms with Gasteiger partial charge in [0.15, 0.2) is 0 Å². The summed E-state index contributed by atoms with van der Waals surface area (Å²) in [6, 6.07) is 15.0. The molecule has 0 aliphatic carbocycles. The van der Waals surface area contributed by atoms with E-state index in [1.807, 2.05) is 43.4 Å². The number of aromatic nitrogens is 2. The van der Waals surface area contributed by atoms with E-state index in [1.54, 1.807) is 35.0 Å². The Hall–Kier alpha value is -3.28. The van der Waals surface area contributed by atoms with Gasteiger partial charge < -0.3 is 15.0 Å². The van der Waals surface area contributed by atoms with E-state index in [-0.39, 0.29) is 5.91 Å². The van der Waals surface area contributed by atoms with E-state index in [4.69, 9.17) is 4.74 Å². The number of ether oxygens (including phenoxy) is 1. The Balaban J connectivity index is 1.84. The van der Waals surface area contributed by atoms with Crippen LogP contribution in [-0.2, 0) is 13.6 Å². The average Bonchev–Trinajstić information content (AvgIpc) is 2.90. The number of carbonyl (C=O) groups excluding carboxylic acids is 1. The van der Waals surface area contributed by atoms with Gasteiger partial charge in [-0.05, 0) is 24.3 Å².